The van der Waals surface area contributed by atoms with E-state index in [0.29, 0.717) is 16.9 Å². The van der Waals surface area contributed by atoms with Gasteiger partial charge in [0.1, 0.15) is 5.75 Å². The molecule has 0 aliphatic heterocycles. The third kappa shape index (κ3) is 3.25. The lowest BCUT2D eigenvalue weighted by atomic mass is 10.0. The van der Waals surface area contributed by atoms with Crippen molar-refractivity contribution in [2.24, 2.45) is 0 Å². The molecule has 0 heterocycles. The predicted molar refractivity (Wildman–Crippen MR) is 104 cm³/mol. The minimum absolute atomic E-state index is 0.362. The number of hydrogen-bond acceptors (Lipinski definition) is 4. The molecule has 0 aliphatic carbocycles. The van der Waals surface area contributed by atoms with E-state index in [9.17, 15) is 9.59 Å². The van der Waals surface area contributed by atoms with Gasteiger partial charge in [-0.2, -0.15) is 0 Å². The maximum absolute atomic E-state index is 12.4. The van der Waals surface area contributed by atoms with Crippen molar-refractivity contribution in [1.82, 2.24) is 0 Å². The van der Waals surface area contributed by atoms with Crippen LogP contribution in [0.25, 0.3) is 21.5 Å². The minimum atomic E-state index is -0.481. The van der Waals surface area contributed by atoms with Crippen LogP contribution in [-0.2, 0) is 4.74 Å². The molecule has 0 fully saturated rings. The van der Waals surface area contributed by atoms with Crippen LogP contribution < -0.4 is 4.74 Å². The number of methoxy groups -OCH3 is 1. The lowest BCUT2D eigenvalue weighted by Gasteiger charge is -2.08. The summed E-state index contributed by atoms with van der Waals surface area (Å²) in [6.45, 7) is 0. The molecule has 0 amide bonds. The largest absolute Gasteiger partial charge is 0.465 e. The molecule has 0 aromatic heterocycles. The van der Waals surface area contributed by atoms with Gasteiger partial charge in [-0.3, -0.25) is 0 Å². The molecule has 4 nitrogen and oxygen atoms in total. The Labute approximate surface area is 155 Å². The highest BCUT2D eigenvalue weighted by molar-refractivity contribution is 6.08. The smallest absolute Gasteiger partial charge is 0.343 e. The van der Waals surface area contributed by atoms with Crippen molar-refractivity contribution in [3.8, 4) is 5.75 Å². The molecule has 0 bridgehead atoms. The second-order valence-electron chi connectivity index (χ2n) is 6.13. The Morgan fingerprint density at radius 1 is 0.667 bits per heavy atom. The average molecular weight is 356 g/mol. The third-order valence-corrected chi connectivity index (χ3v) is 4.47. The van der Waals surface area contributed by atoms with Gasteiger partial charge in [0.05, 0.1) is 18.2 Å². The van der Waals surface area contributed by atoms with E-state index in [0.717, 1.165) is 21.5 Å². The van der Waals surface area contributed by atoms with Gasteiger partial charge in [-0.25, -0.2) is 9.59 Å². The van der Waals surface area contributed by atoms with Gasteiger partial charge in [-0.1, -0.05) is 42.5 Å². The summed E-state index contributed by atoms with van der Waals surface area (Å²) < 4.78 is 10.2. The van der Waals surface area contributed by atoms with Crippen LogP contribution in [0, 0.1) is 0 Å². The second kappa shape index (κ2) is 6.92. The fraction of sp³-hybridized carbons (Fsp3) is 0.0435. The van der Waals surface area contributed by atoms with Gasteiger partial charge in [0.25, 0.3) is 0 Å². The number of hydrogen-bond donors (Lipinski definition) is 0. The molecule has 0 saturated heterocycles. The van der Waals surface area contributed by atoms with Crippen LogP contribution in [0.2, 0.25) is 0 Å². The van der Waals surface area contributed by atoms with Crippen molar-refractivity contribution >= 4 is 33.5 Å². The SMILES string of the molecule is COC(=O)c1ccc(C(=O)Oc2ccc3ccc4ccccc4c3c2)cc1. The van der Waals surface area contributed by atoms with Crippen LogP contribution >= 0.6 is 0 Å². The molecule has 0 saturated carbocycles. The van der Waals surface area contributed by atoms with Gasteiger partial charge in [0, 0.05) is 0 Å². The fourth-order valence-corrected chi connectivity index (χ4v) is 3.07. The lowest BCUT2D eigenvalue weighted by Crippen LogP contribution is -2.09. The van der Waals surface area contributed by atoms with Crippen LogP contribution in [0.4, 0.5) is 0 Å². The van der Waals surface area contributed by atoms with Gasteiger partial charge in [0.2, 0.25) is 0 Å². The van der Waals surface area contributed by atoms with Crippen LogP contribution in [0.3, 0.4) is 0 Å². The molecule has 0 atom stereocenters. The molecule has 0 spiro atoms. The average Bonchev–Trinajstić information content (AvgIpc) is 2.73. The topological polar surface area (TPSA) is 52.6 Å². The summed E-state index contributed by atoms with van der Waals surface area (Å²) in [5.74, 6) is -0.455. The van der Waals surface area contributed by atoms with E-state index in [2.05, 4.69) is 29.0 Å². The van der Waals surface area contributed by atoms with E-state index in [-0.39, 0.29) is 0 Å². The second-order valence-corrected chi connectivity index (χ2v) is 6.13. The molecule has 4 rings (SSSR count). The van der Waals surface area contributed by atoms with Crippen molar-refractivity contribution in [2.75, 3.05) is 7.11 Å². The molecule has 4 aromatic rings. The van der Waals surface area contributed by atoms with Gasteiger partial charge < -0.3 is 9.47 Å². The molecular weight excluding hydrogens is 340 g/mol. The first-order valence-electron chi connectivity index (χ1n) is 8.48. The molecule has 0 unspecified atom stereocenters. The summed E-state index contributed by atoms with van der Waals surface area (Å²) in [5.41, 5.74) is 0.742. The van der Waals surface area contributed by atoms with Crippen LogP contribution in [0.1, 0.15) is 20.7 Å². The van der Waals surface area contributed by atoms with E-state index in [1.54, 1.807) is 18.2 Å². The first-order valence-corrected chi connectivity index (χ1v) is 8.48. The summed E-state index contributed by atoms with van der Waals surface area (Å²) in [5, 5.41) is 4.34. The number of carbonyl (C=O) groups excluding carboxylic acids is 2. The van der Waals surface area contributed by atoms with Gasteiger partial charge in [-0.15, -0.1) is 0 Å². The van der Waals surface area contributed by atoms with Crippen molar-refractivity contribution in [1.29, 1.82) is 0 Å². The molecule has 4 heteroatoms. The molecule has 0 radical (unpaired) electrons. The highest BCUT2D eigenvalue weighted by atomic mass is 16.5. The van der Waals surface area contributed by atoms with Crippen LogP contribution in [-0.4, -0.2) is 19.0 Å². The van der Waals surface area contributed by atoms with Crippen LogP contribution in [0.5, 0.6) is 5.75 Å². The molecule has 4 aromatic carbocycles. The zero-order valence-corrected chi connectivity index (χ0v) is 14.6. The van der Waals surface area contributed by atoms with E-state index < -0.39 is 11.9 Å². The van der Waals surface area contributed by atoms with E-state index >= 15 is 0 Å². The van der Waals surface area contributed by atoms with Crippen LogP contribution in [0.15, 0.2) is 78.9 Å². The number of ether oxygens (including phenoxy) is 2. The van der Waals surface area contributed by atoms with Crippen molar-refractivity contribution < 1.29 is 19.1 Å². The number of esters is 2. The van der Waals surface area contributed by atoms with E-state index in [1.807, 2.05) is 24.3 Å². The molecule has 27 heavy (non-hydrogen) atoms. The first-order chi connectivity index (χ1) is 13.2. The molecular formula is C23H16O4. The summed E-state index contributed by atoms with van der Waals surface area (Å²) >= 11 is 0. The Bertz CT molecular complexity index is 1160. The van der Waals surface area contributed by atoms with Crippen molar-refractivity contribution in [3.05, 3.63) is 90.0 Å². The summed E-state index contributed by atoms with van der Waals surface area (Å²) in [7, 11) is 1.31. The lowest BCUT2D eigenvalue weighted by molar-refractivity contribution is 0.0599. The monoisotopic (exact) mass is 356 g/mol. The normalized spacial score (nSPS) is 10.7. The highest BCUT2D eigenvalue weighted by Gasteiger charge is 2.12. The van der Waals surface area contributed by atoms with E-state index in [1.165, 1.54) is 19.2 Å². The number of carbonyl (C=O) groups is 2. The van der Waals surface area contributed by atoms with E-state index in [4.69, 9.17) is 4.74 Å². The standard InChI is InChI=1S/C23H16O4/c1-26-22(24)17-8-10-18(11-9-17)23(25)27-19-13-12-16-7-6-15-4-2-3-5-20(15)21(16)14-19/h2-14H,1H3. The summed E-state index contributed by atoms with van der Waals surface area (Å²) in [4.78, 5) is 23.9. The Morgan fingerprint density at radius 2 is 1.26 bits per heavy atom. The Balaban J connectivity index is 1.63. The Kier molecular flexibility index (Phi) is 4.30. The van der Waals surface area contributed by atoms with Crippen molar-refractivity contribution in [3.63, 3.8) is 0 Å². The zero-order chi connectivity index (χ0) is 18.8. The van der Waals surface area contributed by atoms with Gasteiger partial charge in [0.15, 0.2) is 0 Å². The van der Waals surface area contributed by atoms with Gasteiger partial charge in [-0.05, 0) is 57.9 Å². The molecule has 0 aliphatic rings. The summed E-state index contributed by atoms with van der Waals surface area (Å²) in [6, 6.07) is 24.0. The minimum Gasteiger partial charge on any atom is -0.465 e. The quantitative estimate of drug-likeness (QED) is 0.294. The number of benzene rings is 4. The first kappa shape index (κ1) is 16.8. The number of fused-ring (bicyclic) bond motifs is 3. The molecule has 132 valence electrons. The summed E-state index contributed by atoms with van der Waals surface area (Å²) in [6.07, 6.45) is 0. The third-order valence-electron chi connectivity index (χ3n) is 4.47. The van der Waals surface area contributed by atoms with Crippen molar-refractivity contribution in [2.45, 2.75) is 0 Å². The Morgan fingerprint density at radius 3 is 1.96 bits per heavy atom. The number of rotatable bonds is 3. The predicted octanol–water partition coefficient (Wildman–Crippen LogP) is 5.00. The molecule has 0 N–H and O–H groups in total. The highest BCUT2D eigenvalue weighted by Crippen LogP contribution is 2.29. The van der Waals surface area contributed by atoms with Gasteiger partial charge >= 0.3 is 11.9 Å². The fourth-order valence-electron chi connectivity index (χ4n) is 3.07. The zero-order valence-electron chi connectivity index (χ0n) is 14.6. The maximum Gasteiger partial charge on any atom is 0.343 e. The Hall–Kier alpha value is -3.66. The maximum atomic E-state index is 12.4.